The Balaban J connectivity index is 3.10. The van der Waals surface area contributed by atoms with Gasteiger partial charge in [-0.25, -0.2) is 0 Å². The summed E-state index contributed by atoms with van der Waals surface area (Å²) >= 11 is 6.05. The molecule has 0 spiro atoms. The van der Waals surface area contributed by atoms with Gasteiger partial charge in [0.15, 0.2) is 0 Å². The second-order valence-electron chi connectivity index (χ2n) is 4.05. The van der Waals surface area contributed by atoms with Crippen LogP contribution in [0.1, 0.15) is 37.6 Å². The highest BCUT2D eigenvalue weighted by molar-refractivity contribution is 6.34. The van der Waals surface area contributed by atoms with Gasteiger partial charge < -0.3 is 10.6 Å². The molecule has 1 aromatic rings. The molecule has 94 valence electrons. The van der Waals surface area contributed by atoms with E-state index < -0.39 is 0 Å². The minimum atomic E-state index is -0.0926. The van der Waals surface area contributed by atoms with Gasteiger partial charge in [-0.15, -0.1) is 0 Å². The zero-order valence-corrected chi connectivity index (χ0v) is 11.3. The van der Waals surface area contributed by atoms with Crippen LogP contribution >= 0.6 is 11.6 Å². The summed E-state index contributed by atoms with van der Waals surface area (Å²) in [6.07, 6.45) is 0.907. The number of nitrogens with zero attached hydrogens (tertiary/aromatic N) is 1. The summed E-state index contributed by atoms with van der Waals surface area (Å²) in [5, 5.41) is 0.414. The van der Waals surface area contributed by atoms with E-state index in [9.17, 15) is 4.79 Å². The Kier molecular flexibility index (Phi) is 4.82. The molecule has 0 fully saturated rings. The van der Waals surface area contributed by atoms with Crippen LogP contribution in [0, 0.1) is 0 Å². The normalized spacial score (nSPS) is 12.2. The number of anilines is 1. The van der Waals surface area contributed by atoms with Crippen LogP contribution in [0.5, 0.6) is 0 Å². The number of rotatable bonds is 4. The summed E-state index contributed by atoms with van der Waals surface area (Å²) in [6.45, 7) is 6.68. The predicted molar refractivity (Wildman–Crippen MR) is 72.3 cm³/mol. The lowest BCUT2D eigenvalue weighted by Crippen LogP contribution is -2.38. The fourth-order valence-electron chi connectivity index (χ4n) is 1.79. The number of hydrogen-bond donors (Lipinski definition) is 1. The van der Waals surface area contributed by atoms with E-state index >= 15 is 0 Å². The van der Waals surface area contributed by atoms with Gasteiger partial charge in [0.05, 0.1) is 10.6 Å². The molecule has 1 atom stereocenters. The van der Waals surface area contributed by atoms with Crippen LogP contribution in [0.25, 0.3) is 0 Å². The summed E-state index contributed by atoms with van der Waals surface area (Å²) in [7, 11) is 0. The number of nitrogens with two attached hydrogens (primary N) is 1. The maximum Gasteiger partial charge on any atom is 0.257 e. The number of benzene rings is 1. The molecular weight excluding hydrogens is 236 g/mol. The van der Waals surface area contributed by atoms with Crippen molar-refractivity contribution in [2.75, 3.05) is 12.3 Å². The Hall–Kier alpha value is -1.22. The first kappa shape index (κ1) is 13.8. The minimum absolute atomic E-state index is 0.0926. The van der Waals surface area contributed by atoms with E-state index in [0.29, 0.717) is 22.8 Å². The molecule has 3 nitrogen and oxygen atoms in total. The SMILES string of the molecule is CCC(C)N(CC)C(=O)c1c(N)cccc1Cl. The van der Waals surface area contributed by atoms with E-state index in [1.165, 1.54) is 0 Å². The van der Waals surface area contributed by atoms with Gasteiger partial charge in [0.2, 0.25) is 0 Å². The molecule has 2 N–H and O–H groups in total. The van der Waals surface area contributed by atoms with Gasteiger partial charge >= 0.3 is 0 Å². The zero-order chi connectivity index (χ0) is 13.0. The van der Waals surface area contributed by atoms with Gasteiger partial charge in [-0.2, -0.15) is 0 Å². The van der Waals surface area contributed by atoms with Crippen LogP contribution < -0.4 is 5.73 Å². The molecule has 0 saturated heterocycles. The van der Waals surface area contributed by atoms with Crippen LogP contribution in [0.4, 0.5) is 5.69 Å². The highest BCUT2D eigenvalue weighted by atomic mass is 35.5. The quantitative estimate of drug-likeness (QED) is 0.839. The first-order valence-electron chi connectivity index (χ1n) is 5.87. The average molecular weight is 255 g/mol. The van der Waals surface area contributed by atoms with Gasteiger partial charge in [-0.05, 0) is 32.4 Å². The molecule has 4 heteroatoms. The third-order valence-electron chi connectivity index (χ3n) is 2.98. The van der Waals surface area contributed by atoms with Crippen molar-refractivity contribution in [3.8, 4) is 0 Å². The van der Waals surface area contributed by atoms with E-state index in [0.717, 1.165) is 6.42 Å². The van der Waals surface area contributed by atoms with Crippen molar-refractivity contribution in [2.24, 2.45) is 0 Å². The Morgan fingerprint density at radius 1 is 1.47 bits per heavy atom. The molecule has 0 aliphatic carbocycles. The summed E-state index contributed by atoms with van der Waals surface area (Å²) in [6, 6.07) is 5.32. The molecule has 1 unspecified atom stereocenters. The topological polar surface area (TPSA) is 46.3 Å². The average Bonchev–Trinajstić information content (AvgIpc) is 2.29. The third-order valence-corrected chi connectivity index (χ3v) is 3.30. The van der Waals surface area contributed by atoms with Crippen LogP contribution in [0.15, 0.2) is 18.2 Å². The maximum absolute atomic E-state index is 12.4. The number of amides is 1. The Morgan fingerprint density at radius 3 is 2.59 bits per heavy atom. The second-order valence-corrected chi connectivity index (χ2v) is 4.46. The lowest BCUT2D eigenvalue weighted by molar-refractivity contribution is 0.0701. The molecule has 0 aliphatic rings. The first-order chi connectivity index (χ1) is 8.02. The van der Waals surface area contributed by atoms with E-state index in [-0.39, 0.29) is 11.9 Å². The summed E-state index contributed by atoms with van der Waals surface area (Å²) < 4.78 is 0. The molecule has 1 rings (SSSR count). The van der Waals surface area contributed by atoms with Gasteiger partial charge in [0.1, 0.15) is 0 Å². The largest absolute Gasteiger partial charge is 0.398 e. The maximum atomic E-state index is 12.4. The molecule has 0 aromatic heterocycles. The zero-order valence-electron chi connectivity index (χ0n) is 10.5. The molecule has 0 bridgehead atoms. The van der Waals surface area contributed by atoms with Gasteiger partial charge in [-0.1, -0.05) is 24.6 Å². The Labute approximate surface area is 108 Å². The minimum Gasteiger partial charge on any atom is -0.398 e. The molecular formula is C13H19ClN2O. The summed E-state index contributed by atoms with van der Waals surface area (Å²) in [5.74, 6) is -0.0926. The van der Waals surface area contributed by atoms with Crippen molar-refractivity contribution < 1.29 is 4.79 Å². The molecule has 0 saturated carbocycles. The summed E-state index contributed by atoms with van der Waals surface area (Å²) in [5.41, 5.74) is 6.67. The number of carbonyl (C=O) groups is 1. The Bertz CT molecular complexity index is 386. The standard InChI is InChI=1S/C13H19ClN2O/c1-4-9(3)16(5-2)13(17)12-10(14)7-6-8-11(12)15/h6-9H,4-5,15H2,1-3H3. The first-order valence-corrected chi connectivity index (χ1v) is 6.25. The van der Waals surface area contributed by atoms with Crippen LogP contribution in [-0.2, 0) is 0 Å². The van der Waals surface area contributed by atoms with E-state index in [2.05, 4.69) is 6.92 Å². The highest BCUT2D eigenvalue weighted by Gasteiger charge is 2.22. The number of carbonyl (C=O) groups excluding carboxylic acids is 1. The highest BCUT2D eigenvalue weighted by Crippen LogP contribution is 2.24. The fraction of sp³-hybridized carbons (Fsp3) is 0.462. The Morgan fingerprint density at radius 2 is 2.12 bits per heavy atom. The van der Waals surface area contributed by atoms with Crippen LogP contribution in [0.2, 0.25) is 5.02 Å². The van der Waals surface area contributed by atoms with E-state index in [1.54, 1.807) is 23.1 Å². The van der Waals surface area contributed by atoms with Crippen molar-refractivity contribution in [1.29, 1.82) is 0 Å². The molecule has 0 heterocycles. The predicted octanol–water partition coefficient (Wildman–Crippen LogP) is 3.18. The van der Waals surface area contributed by atoms with Crippen molar-refractivity contribution in [2.45, 2.75) is 33.2 Å². The third kappa shape index (κ3) is 2.91. The fourth-order valence-corrected chi connectivity index (χ4v) is 2.05. The molecule has 1 aromatic carbocycles. The number of halogens is 1. The second kappa shape index (κ2) is 5.92. The van der Waals surface area contributed by atoms with Crippen molar-refractivity contribution in [1.82, 2.24) is 4.90 Å². The van der Waals surface area contributed by atoms with Crippen molar-refractivity contribution >= 4 is 23.2 Å². The summed E-state index contributed by atoms with van der Waals surface area (Å²) in [4.78, 5) is 14.2. The van der Waals surface area contributed by atoms with Gasteiger partial charge in [0, 0.05) is 18.3 Å². The molecule has 0 radical (unpaired) electrons. The van der Waals surface area contributed by atoms with Crippen molar-refractivity contribution in [3.05, 3.63) is 28.8 Å². The number of hydrogen-bond acceptors (Lipinski definition) is 2. The lowest BCUT2D eigenvalue weighted by atomic mass is 10.1. The van der Waals surface area contributed by atoms with Crippen LogP contribution in [-0.4, -0.2) is 23.4 Å². The molecule has 17 heavy (non-hydrogen) atoms. The number of nitrogen functional groups attached to an aromatic ring is 1. The van der Waals surface area contributed by atoms with Crippen molar-refractivity contribution in [3.63, 3.8) is 0 Å². The molecule has 1 amide bonds. The monoisotopic (exact) mass is 254 g/mol. The molecule has 0 aliphatic heterocycles. The van der Waals surface area contributed by atoms with Gasteiger partial charge in [0.25, 0.3) is 5.91 Å². The van der Waals surface area contributed by atoms with Gasteiger partial charge in [-0.3, -0.25) is 4.79 Å². The van der Waals surface area contributed by atoms with E-state index in [1.807, 2.05) is 13.8 Å². The smallest absolute Gasteiger partial charge is 0.257 e. The van der Waals surface area contributed by atoms with Crippen LogP contribution in [0.3, 0.4) is 0 Å². The van der Waals surface area contributed by atoms with E-state index in [4.69, 9.17) is 17.3 Å². The lowest BCUT2D eigenvalue weighted by Gasteiger charge is -2.28.